The number of amides is 2. The highest BCUT2D eigenvalue weighted by Crippen LogP contribution is 2.28. The summed E-state index contributed by atoms with van der Waals surface area (Å²) in [6, 6.07) is -1.20. The van der Waals surface area contributed by atoms with Crippen LogP contribution in [0, 0.1) is 11.8 Å². The fourth-order valence-electron chi connectivity index (χ4n) is 4.47. The number of nitrogens with zero attached hydrogens (tertiary/aromatic N) is 3. The fraction of sp³-hybridized carbons (Fsp3) is 0.750. The number of carboxylic acid groups (broad SMARTS) is 1. The molecule has 9 nitrogen and oxygen atoms in total. The molecule has 0 aliphatic carbocycles. The van der Waals surface area contributed by atoms with Crippen LogP contribution in [0.25, 0.3) is 0 Å². The first-order valence-corrected chi connectivity index (χ1v) is 13.0. The van der Waals surface area contributed by atoms with Crippen LogP contribution in [0.5, 0.6) is 0 Å². The number of carbonyl (C=O) groups is 3. The van der Waals surface area contributed by atoms with Crippen LogP contribution in [0.3, 0.4) is 0 Å². The van der Waals surface area contributed by atoms with E-state index >= 15 is 0 Å². The van der Waals surface area contributed by atoms with Gasteiger partial charge in [0, 0.05) is 24.9 Å². The summed E-state index contributed by atoms with van der Waals surface area (Å²) < 4.78 is 0. The van der Waals surface area contributed by atoms with Gasteiger partial charge in [-0.2, -0.15) is 0 Å². The molecule has 1 saturated heterocycles. The smallest absolute Gasteiger partial charge is 0.355 e. The lowest BCUT2D eigenvalue weighted by atomic mass is 9.92. The van der Waals surface area contributed by atoms with Gasteiger partial charge in [0.15, 0.2) is 5.69 Å². The van der Waals surface area contributed by atoms with Crippen molar-refractivity contribution in [1.29, 1.82) is 0 Å². The normalized spacial score (nSPS) is 20.4. The lowest BCUT2D eigenvalue weighted by Crippen LogP contribution is -2.58. The number of aliphatic hydroxyl groups excluding tert-OH is 1. The summed E-state index contributed by atoms with van der Waals surface area (Å²) in [7, 11) is 3.65. The van der Waals surface area contributed by atoms with Crippen LogP contribution in [0.4, 0.5) is 0 Å². The summed E-state index contributed by atoms with van der Waals surface area (Å²) in [4.78, 5) is 45.5. The Kier molecular flexibility index (Phi) is 10.5. The highest BCUT2D eigenvalue weighted by Gasteiger charge is 2.36. The molecule has 2 amide bonds. The third-order valence-electron chi connectivity index (χ3n) is 6.96. The zero-order valence-electron chi connectivity index (χ0n) is 21.2. The van der Waals surface area contributed by atoms with E-state index in [0.717, 1.165) is 43.6 Å². The van der Waals surface area contributed by atoms with Crippen molar-refractivity contribution in [3.63, 3.8) is 0 Å². The highest BCUT2D eigenvalue weighted by atomic mass is 32.1. The molecule has 1 fully saturated rings. The van der Waals surface area contributed by atoms with E-state index in [0.29, 0.717) is 5.01 Å². The predicted octanol–water partition coefficient (Wildman–Crippen LogP) is 2.76. The first-order valence-electron chi connectivity index (χ1n) is 12.1. The molecule has 192 valence electrons. The molecule has 34 heavy (non-hydrogen) atoms. The Morgan fingerprint density at radius 3 is 2.50 bits per heavy atom. The van der Waals surface area contributed by atoms with Crippen molar-refractivity contribution in [1.82, 2.24) is 20.1 Å². The number of aliphatic hydroxyl groups is 1. The number of aromatic nitrogens is 1. The predicted molar refractivity (Wildman–Crippen MR) is 132 cm³/mol. The molecule has 1 unspecified atom stereocenters. The second-order valence-electron chi connectivity index (χ2n) is 9.75. The van der Waals surface area contributed by atoms with E-state index in [1.165, 1.54) is 5.38 Å². The Morgan fingerprint density at radius 1 is 1.29 bits per heavy atom. The van der Waals surface area contributed by atoms with E-state index in [1.807, 2.05) is 39.6 Å². The molecule has 3 N–H and O–H groups in total. The van der Waals surface area contributed by atoms with Crippen LogP contribution in [0.2, 0.25) is 0 Å². The number of carbonyl (C=O) groups excluding carboxylic acids is 2. The summed E-state index contributed by atoms with van der Waals surface area (Å²) in [5.74, 6) is -1.46. The molecule has 1 aliphatic heterocycles. The molecular weight excluding hydrogens is 456 g/mol. The zero-order chi connectivity index (χ0) is 25.6. The van der Waals surface area contributed by atoms with Crippen LogP contribution >= 0.6 is 11.3 Å². The van der Waals surface area contributed by atoms with Gasteiger partial charge in [0.05, 0.1) is 6.04 Å². The van der Waals surface area contributed by atoms with Crippen LogP contribution < -0.4 is 5.32 Å². The SMILES string of the molecule is CC[C@H](C)[C@H](NC(=O)C1CCCCN1C)C(=O)N(C)[C@H](C[C@@H](O)c1nc(C(=O)O)cs1)C(C)C. The van der Waals surface area contributed by atoms with Gasteiger partial charge in [-0.25, -0.2) is 9.78 Å². The van der Waals surface area contributed by atoms with Crippen molar-refractivity contribution in [2.24, 2.45) is 11.8 Å². The Labute approximate surface area is 206 Å². The molecular formula is C24H40N4O5S. The second kappa shape index (κ2) is 12.6. The average molecular weight is 497 g/mol. The maximum absolute atomic E-state index is 13.6. The Morgan fingerprint density at radius 2 is 1.97 bits per heavy atom. The van der Waals surface area contributed by atoms with E-state index in [4.69, 9.17) is 5.11 Å². The number of nitrogens with one attached hydrogen (secondary N) is 1. The molecule has 0 radical (unpaired) electrons. The minimum absolute atomic E-state index is 0.0280. The van der Waals surface area contributed by atoms with Crippen LogP contribution in [-0.2, 0) is 9.59 Å². The van der Waals surface area contributed by atoms with E-state index in [1.54, 1.807) is 11.9 Å². The van der Waals surface area contributed by atoms with Crippen LogP contribution in [-0.4, -0.2) is 81.5 Å². The van der Waals surface area contributed by atoms with Crippen molar-refractivity contribution in [2.45, 2.75) is 84.0 Å². The van der Waals surface area contributed by atoms with E-state index < -0.39 is 18.1 Å². The Bertz CT molecular complexity index is 845. The number of aromatic carboxylic acids is 1. The monoisotopic (exact) mass is 496 g/mol. The maximum Gasteiger partial charge on any atom is 0.355 e. The van der Waals surface area contributed by atoms with Gasteiger partial charge in [0.25, 0.3) is 0 Å². The summed E-state index contributed by atoms with van der Waals surface area (Å²) in [5, 5.41) is 24.6. The zero-order valence-corrected chi connectivity index (χ0v) is 22.0. The fourth-order valence-corrected chi connectivity index (χ4v) is 5.26. The molecule has 0 saturated carbocycles. The van der Waals surface area contributed by atoms with Gasteiger partial charge < -0.3 is 20.4 Å². The summed E-state index contributed by atoms with van der Waals surface area (Å²) >= 11 is 1.09. The van der Waals surface area contributed by atoms with Crippen molar-refractivity contribution < 1.29 is 24.6 Å². The van der Waals surface area contributed by atoms with Crippen LogP contribution in [0.1, 0.15) is 81.4 Å². The molecule has 10 heteroatoms. The van der Waals surface area contributed by atoms with Gasteiger partial charge in [-0.3, -0.25) is 14.5 Å². The minimum atomic E-state index is -1.14. The summed E-state index contributed by atoms with van der Waals surface area (Å²) in [6.07, 6.45) is 2.82. The lowest BCUT2D eigenvalue weighted by Gasteiger charge is -2.38. The number of thiazole rings is 1. The first kappa shape index (κ1) is 28.2. The van der Waals surface area contributed by atoms with Gasteiger partial charge >= 0.3 is 5.97 Å². The number of hydrogen-bond acceptors (Lipinski definition) is 7. The Balaban J connectivity index is 2.16. The first-order chi connectivity index (χ1) is 16.0. The topological polar surface area (TPSA) is 123 Å². The summed E-state index contributed by atoms with van der Waals surface area (Å²) in [6.45, 7) is 8.77. The van der Waals surface area contributed by atoms with Crippen molar-refractivity contribution in [3.05, 3.63) is 16.1 Å². The third kappa shape index (κ3) is 6.99. The van der Waals surface area contributed by atoms with Gasteiger partial charge in [0.1, 0.15) is 17.2 Å². The molecule has 1 aromatic rings. The van der Waals surface area contributed by atoms with Crippen molar-refractivity contribution >= 4 is 29.1 Å². The number of hydrogen-bond donors (Lipinski definition) is 3. The van der Waals surface area contributed by atoms with Crippen molar-refractivity contribution in [2.75, 3.05) is 20.6 Å². The van der Waals surface area contributed by atoms with Gasteiger partial charge in [-0.15, -0.1) is 11.3 Å². The minimum Gasteiger partial charge on any atom is -0.476 e. The molecule has 5 atom stereocenters. The molecule has 0 spiro atoms. The number of likely N-dealkylation sites (N-methyl/N-ethyl adjacent to an activating group) is 2. The standard InChI is InChI=1S/C24H40N4O5S/c1-7-15(4)20(26-21(30)17-10-8-9-11-27(17)5)23(31)28(6)18(14(2)3)12-19(29)22-25-16(13-34-22)24(32)33/h13-15,17-20,29H,7-12H2,1-6H3,(H,26,30)(H,32,33)/t15-,17?,18+,19+,20-/m0/s1. The quantitative estimate of drug-likeness (QED) is 0.430. The summed E-state index contributed by atoms with van der Waals surface area (Å²) in [5.41, 5.74) is -0.100. The van der Waals surface area contributed by atoms with E-state index in [9.17, 15) is 19.5 Å². The second-order valence-corrected chi connectivity index (χ2v) is 10.6. The number of piperidine rings is 1. The molecule has 1 aromatic heterocycles. The van der Waals surface area contributed by atoms with Crippen molar-refractivity contribution in [3.8, 4) is 0 Å². The molecule has 2 rings (SSSR count). The number of rotatable bonds is 11. The average Bonchev–Trinajstić information content (AvgIpc) is 3.30. The van der Waals surface area contributed by atoms with Crippen LogP contribution in [0.15, 0.2) is 5.38 Å². The van der Waals surface area contributed by atoms with Gasteiger partial charge in [0.2, 0.25) is 11.8 Å². The lowest BCUT2D eigenvalue weighted by molar-refractivity contribution is -0.141. The van der Waals surface area contributed by atoms with Gasteiger partial charge in [-0.1, -0.05) is 40.5 Å². The van der Waals surface area contributed by atoms with E-state index in [-0.39, 0.29) is 47.8 Å². The third-order valence-corrected chi connectivity index (χ3v) is 7.90. The maximum atomic E-state index is 13.6. The molecule has 1 aliphatic rings. The largest absolute Gasteiger partial charge is 0.476 e. The van der Waals surface area contributed by atoms with Gasteiger partial charge in [-0.05, 0) is 38.3 Å². The number of carboxylic acids is 1. The highest BCUT2D eigenvalue weighted by molar-refractivity contribution is 7.09. The molecule has 2 heterocycles. The number of likely N-dealkylation sites (tertiary alicyclic amines) is 1. The molecule has 0 bridgehead atoms. The molecule has 0 aromatic carbocycles. The Hall–Kier alpha value is -2.04. The van der Waals surface area contributed by atoms with E-state index in [2.05, 4.69) is 10.3 Å².